The summed E-state index contributed by atoms with van der Waals surface area (Å²) in [6.45, 7) is 3.24. The van der Waals surface area contributed by atoms with E-state index < -0.39 is 0 Å². The van der Waals surface area contributed by atoms with Crippen LogP contribution in [0.5, 0.6) is 5.75 Å². The molecule has 2 nitrogen and oxygen atoms in total. The van der Waals surface area contributed by atoms with Gasteiger partial charge in [0.05, 0.1) is 0 Å². The van der Waals surface area contributed by atoms with Crippen LogP contribution in [-0.2, 0) is 12.8 Å². The topological polar surface area (TPSA) is 32.3 Å². The van der Waals surface area contributed by atoms with Gasteiger partial charge in [-0.3, -0.25) is 0 Å². The summed E-state index contributed by atoms with van der Waals surface area (Å²) in [7, 11) is 0. The van der Waals surface area contributed by atoms with E-state index in [1.165, 1.54) is 11.1 Å². The predicted molar refractivity (Wildman–Crippen MR) is 84.0 cm³/mol. The summed E-state index contributed by atoms with van der Waals surface area (Å²) >= 11 is 0. The molecule has 0 saturated carbocycles. The van der Waals surface area contributed by atoms with E-state index in [-0.39, 0.29) is 0 Å². The minimum Gasteiger partial charge on any atom is -0.508 e. The van der Waals surface area contributed by atoms with Crippen molar-refractivity contribution >= 4 is 0 Å². The molecule has 2 aromatic carbocycles. The van der Waals surface area contributed by atoms with Crippen molar-refractivity contribution in [3.05, 3.63) is 65.7 Å². The Labute approximate surface area is 121 Å². The molecule has 0 unspecified atom stereocenters. The first-order valence-electron chi connectivity index (χ1n) is 7.29. The van der Waals surface area contributed by atoms with Crippen molar-refractivity contribution < 1.29 is 5.11 Å². The number of aryl methyl sites for hydroxylation is 1. The zero-order valence-electron chi connectivity index (χ0n) is 12.0. The molecule has 0 aliphatic heterocycles. The van der Waals surface area contributed by atoms with Crippen LogP contribution in [-0.4, -0.2) is 17.7 Å². The van der Waals surface area contributed by atoms with Gasteiger partial charge in [-0.05, 0) is 56.0 Å². The van der Waals surface area contributed by atoms with Crippen molar-refractivity contribution in [2.24, 2.45) is 0 Å². The first kappa shape index (κ1) is 14.6. The standard InChI is InChI=1S/C18H23NO/c1-15(7-8-17-9-11-18(20)12-10-17)19-14-13-16-5-3-2-4-6-16/h2-6,9-12,15,19-20H,7-8,13-14H2,1H3/t15-/m1/s1. The zero-order chi connectivity index (χ0) is 14.2. The highest BCUT2D eigenvalue weighted by molar-refractivity contribution is 5.25. The molecule has 0 spiro atoms. The van der Waals surface area contributed by atoms with E-state index in [0.717, 1.165) is 25.8 Å². The third-order valence-corrected chi connectivity index (χ3v) is 3.55. The van der Waals surface area contributed by atoms with Gasteiger partial charge in [0.1, 0.15) is 5.75 Å². The van der Waals surface area contributed by atoms with Crippen LogP contribution in [0.4, 0.5) is 0 Å². The fourth-order valence-corrected chi connectivity index (χ4v) is 2.26. The maximum atomic E-state index is 9.25. The summed E-state index contributed by atoms with van der Waals surface area (Å²) in [5, 5.41) is 12.8. The summed E-state index contributed by atoms with van der Waals surface area (Å²) < 4.78 is 0. The lowest BCUT2D eigenvalue weighted by Crippen LogP contribution is -2.28. The molecule has 2 heteroatoms. The van der Waals surface area contributed by atoms with Crippen molar-refractivity contribution in [1.82, 2.24) is 5.32 Å². The van der Waals surface area contributed by atoms with Crippen molar-refractivity contribution in [2.45, 2.75) is 32.2 Å². The van der Waals surface area contributed by atoms with Crippen LogP contribution in [0.3, 0.4) is 0 Å². The van der Waals surface area contributed by atoms with Crippen LogP contribution in [0.15, 0.2) is 54.6 Å². The Bertz CT molecular complexity index is 493. The van der Waals surface area contributed by atoms with Gasteiger partial charge >= 0.3 is 0 Å². The van der Waals surface area contributed by atoms with E-state index in [0.29, 0.717) is 11.8 Å². The minimum atomic E-state index is 0.336. The van der Waals surface area contributed by atoms with Crippen LogP contribution < -0.4 is 5.32 Å². The number of benzene rings is 2. The van der Waals surface area contributed by atoms with Crippen molar-refractivity contribution in [2.75, 3.05) is 6.54 Å². The van der Waals surface area contributed by atoms with Crippen LogP contribution in [0, 0.1) is 0 Å². The smallest absolute Gasteiger partial charge is 0.115 e. The molecule has 0 fully saturated rings. The molecule has 2 aromatic rings. The second-order valence-corrected chi connectivity index (χ2v) is 5.30. The van der Waals surface area contributed by atoms with Gasteiger partial charge in [0, 0.05) is 6.04 Å². The van der Waals surface area contributed by atoms with Crippen molar-refractivity contribution in [1.29, 1.82) is 0 Å². The first-order chi connectivity index (χ1) is 9.74. The molecular weight excluding hydrogens is 246 g/mol. The summed E-state index contributed by atoms with van der Waals surface area (Å²) in [5.74, 6) is 0.336. The Kier molecular flexibility index (Phi) is 5.63. The van der Waals surface area contributed by atoms with Crippen LogP contribution >= 0.6 is 0 Å². The Hall–Kier alpha value is -1.80. The summed E-state index contributed by atoms with van der Waals surface area (Å²) in [5.41, 5.74) is 2.66. The minimum absolute atomic E-state index is 0.336. The quantitative estimate of drug-likeness (QED) is 0.805. The molecule has 2 N–H and O–H groups in total. The third-order valence-electron chi connectivity index (χ3n) is 3.55. The second-order valence-electron chi connectivity index (χ2n) is 5.30. The molecular formula is C18H23NO. The average molecular weight is 269 g/mol. The number of hydrogen-bond donors (Lipinski definition) is 2. The normalized spacial score (nSPS) is 12.2. The molecule has 0 amide bonds. The van der Waals surface area contributed by atoms with E-state index in [9.17, 15) is 5.11 Å². The van der Waals surface area contributed by atoms with Crippen LogP contribution in [0.25, 0.3) is 0 Å². The zero-order valence-corrected chi connectivity index (χ0v) is 12.0. The molecule has 0 saturated heterocycles. The van der Waals surface area contributed by atoms with E-state index in [1.54, 1.807) is 12.1 Å². The molecule has 0 aliphatic rings. The van der Waals surface area contributed by atoms with Crippen LogP contribution in [0.1, 0.15) is 24.5 Å². The summed E-state index contributed by atoms with van der Waals surface area (Å²) in [6, 6.07) is 18.6. The highest BCUT2D eigenvalue weighted by Crippen LogP contribution is 2.11. The van der Waals surface area contributed by atoms with Crippen molar-refractivity contribution in [3.8, 4) is 5.75 Å². The largest absolute Gasteiger partial charge is 0.508 e. The lowest BCUT2D eigenvalue weighted by molar-refractivity contribution is 0.474. The van der Waals surface area contributed by atoms with E-state index in [1.807, 2.05) is 12.1 Å². The van der Waals surface area contributed by atoms with E-state index in [4.69, 9.17) is 0 Å². The number of phenolic OH excluding ortho intramolecular Hbond substituents is 1. The van der Waals surface area contributed by atoms with Gasteiger partial charge < -0.3 is 10.4 Å². The molecule has 1 atom stereocenters. The molecule has 0 aromatic heterocycles. The van der Waals surface area contributed by atoms with Gasteiger partial charge in [0.25, 0.3) is 0 Å². The summed E-state index contributed by atoms with van der Waals surface area (Å²) in [6.07, 6.45) is 3.23. The molecule has 0 bridgehead atoms. The number of hydrogen-bond acceptors (Lipinski definition) is 2. The molecule has 2 rings (SSSR count). The highest BCUT2D eigenvalue weighted by Gasteiger charge is 2.02. The number of phenols is 1. The lowest BCUT2D eigenvalue weighted by atomic mass is 10.1. The van der Waals surface area contributed by atoms with E-state index in [2.05, 4.69) is 42.6 Å². The fourth-order valence-electron chi connectivity index (χ4n) is 2.26. The van der Waals surface area contributed by atoms with Crippen LogP contribution in [0.2, 0.25) is 0 Å². The van der Waals surface area contributed by atoms with E-state index >= 15 is 0 Å². The SMILES string of the molecule is C[C@H](CCc1ccc(O)cc1)NCCc1ccccc1. The monoisotopic (exact) mass is 269 g/mol. The predicted octanol–water partition coefficient (Wildman–Crippen LogP) is 3.55. The van der Waals surface area contributed by atoms with Gasteiger partial charge in [-0.25, -0.2) is 0 Å². The molecule has 20 heavy (non-hydrogen) atoms. The maximum Gasteiger partial charge on any atom is 0.115 e. The Morgan fingerprint density at radius 2 is 1.55 bits per heavy atom. The molecule has 0 radical (unpaired) electrons. The van der Waals surface area contributed by atoms with Gasteiger partial charge in [-0.2, -0.15) is 0 Å². The number of aromatic hydroxyl groups is 1. The maximum absolute atomic E-state index is 9.25. The van der Waals surface area contributed by atoms with Crippen molar-refractivity contribution in [3.63, 3.8) is 0 Å². The van der Waals surface area contributed by atoms with Gasteiger partial charge in [0.2, 0.25) is 0 Å². The molecule has 0 heterocycles. The Balaban J connectivity index is 1.65. The second kappa shape index (κ2) is 7.71. The van der Waals surface area contributed by atoms with Gasteiger partial charge in [-0.1, -0.05) is 42.5 Å². The van der Waals surface area contributed by atoms with Gasteiger partial charge in [0.15, 0.2) is 0 Å². The third kappa shape index (κ3) is 5.06. The summed E-state index contributed by atoms with van der Waals surface area (Å²) in [4.78, 5) is 0. The molecule has 106 valence electrons. The number of rotatable bonds is 7. The van der Waals surface area contributed by atoms with Gasteiger partial charge in [-0.15, -0.1) is 0 Å². The Morgan fingerprint density at radius 1 is 0.900 bits per heavy atom. The number of nitrogens with one attached hydrogen (secondary N) is 1. The fraction of sp³-hybridized carbons (Fsp3) is 0.333. The lowest BCUT2D eigenvalue weighted by Gasteiger charge is -2.13. The highest BCUT2D eigenvalue weighted by atomic mass is 16.3. The Morgan fingerprint density at radius 3 is 2.25 bits per heavy atom. The first-order valence-corrected chi connectivity index (χ1v) is 7.29. The average Bonchev–Trinajstić information content (AvgIpc) is 2.48. The molecule has 0 aliphatic carbocycles.